The molecule has 1 aromatic heterocycles. The summed E-state index contributed by atoms with van der Waals surface area (Å²) in [6, 6.07) is 0. The fourth-order valence-corrected chi connectivity index (χ4v) is 1.73. The van der Waals surface area contributed by atoms with Crippen LogP contribution in [0.5, 0.6) is 5.75 Å². The van der Waals surface area contributed by atoms with Crippen LogP contribution in [0.3, 0.4) is 0 Å². The Labute approximate surface area is 95.0 Å². The maximum absolute atomic E-state index is 5.66. The van der Waals surface area contributed by atoms with Crippen molar-refractivity contribution in [2.24, 2.45) is 5.41 Å². The first-order chi connectivity index (χ1) is 7.00. The third kappa shape index (κ3) is 2.99. The van der Waals surface area contributed by atoms with Crippen LogP contribution in [-0.4, -0.2) is 18.0 Å². The van der Waals surface area contributed by atoms with Crippen molar-refractivity contribution >= 4 is 22.4 Å². The highest BCUT2D eigenvalue weighted by Crippen LogP contribution is 2.35. The predicted octanol–water partition coefficient (Wildman–Crippen LogP) is 2.58. The van der Waals surface area contributed by atoms with E-state index < -0.39 is 0 Å². The molecule has 5 heteroatoms. The van der Waals surface area contributed by atoms with Gasteiger partial charge in [0.15, 0.2) is 16.6 Å². The second-order valence-electron chi connectivity index (χ2n) is 4.30. The zero-order valence-electron chi connectivity index (χ0n) is 9.76. The lowest BCUT2D eigenvalue weighted by Crippen LogP contribution is -2.21. The first kappa shape index (κ1) is 12.1. The van der Waals surface area contributed by atoms with Crippen molar-refractivity contribution < 1.29 is 4.74 Å². The summed E-state index contributed by atoms with van der Waals surface area (Å²) in [6.45, 7) is 7.51. The predicted molar refractivity (Wildman–Crippen MR) is 65.6 cm³/mol. The molecular weight excluding hydrogens is 210 g/mol. The van der Waals surface area contributed by atoms with Gasteiger partial charge in [0.2, 0.25) is 0 Å². The summed E-state index contributed by atoms with van der Waals surface area (Å²) in [4.78, 5) is 0. The fraction of sp³-hybridized carbons (Fsp3) is 0.700. The van der Waals surface area contributed by atoms with Crippen molar-refractivity contribution in [3.63, 3.8) is 0 Å². The summed E-state index contributed by atoms with van der Waals surface area (Å²) in [5.74, 6) is 1.12. The number of aromatic nitrogens is 1. The average molecular weight is 229 g/mol. The lowest BCUT2D eigenvalue weighted by atomic mass is 9.90. The number of nitrogens with two attached hydrogens (primary N) is 1. The number of nitrogens with one attached hydrogen (secondary N) is 1. The van der Waals surface area contributed by atoms with Crippen LogP contribution < -0.4 is 15.8 Å². The highest BCUT2D eigenvalue weighted by molar-refractivity contribution is 7.11. The van der Waals surface area contributed by atoms with Gasteiger partial charge in [-0.05, 0) is 23.4 Å². The van der Waals surface area contributed by atoms with E-state index in [-0.39, 0.29) is 5.41 Å². The Bertz CT molecular complexity index is 322. The average Bonchev–Trinajstić information content (AvgIpc) is 2.56. The molecule has 0 fully saturated rings. The highest BCUT2D eigenvalue weighted by Gasteiger charge is 2.17. The normalized spacial score (nSPS) is 11.5. The maximum Gasteiger partial charge on any atom is 0.197 e. The molecule has 0 atom stereocenters. The minimum Gasteiger partial charge on any atom is -0.490 e. The number of ether oxygens (including phenoxy) is 1. The molecule has 3 N–H and O–H groups in total. The molecule has 1 aromatic rings. The molecule has 0 radical (unpaired) electrons. The summed E-state index contributed by atoms with van der Waals surface area (Å²) >= 11 is 1.34. The van der Waals surface area contributed by atoms with Gasteiger partial charge in [-0.15, -0.1) is 0 Å². The smallest absolute Gasteiger partial charge is 0.197 e. The van der Waals surface area contributed by atoms with Crippen LogP contribution in [-0.2, 0) is 0 Å². The zero-order chi connectivity index (χ0) is 11.5. The minimum atomic E-state index is 0.268. The summed E-state index contributed by atoms with van der Waals surface area (Å²) in [5, 5.41) is 4.24. The van der Waals surface area contributed by atoms with Gasteiger partial charge in [-0.2, -0.15) is 4.37 Å². The summed E-state index contributed by atoms with van der Waals surface area (Å²) in [7, 11) is 1.61. The molecule has 4 nitrogen and oxygen atoms in total. The Morgan fingerprint density at radius 1 is 1.53 bits per heavy atom. The van der Waals surface area contributed by atoms with Gasteiger partial charge >= 0.3 is 0 Å². The van der Waals surface area contributed by atoms with Gasteiger partial charge in [-0.3, -0.25) is 0 Å². The van der Waals surface area contributed by atoms with E-state index in [4.69, 9.17) is 10.5 Å². The minimum absolute atomic E-state index is 0.268. The van der Waals surface area contributed by atoms with Gasteiger partial charge in [0.05, 0.1) is 7.11 Å². The van der Waals surface area contributed by atoms with Gasteiger partial charge in [-0.1, -0.05) is 20.8 Å². The monoisotopic (exact) mass is 229 g/mol. The van der Waals surface area contributed by atoms with Crippen molar-refractivity contribution in [1.29, 1.82) is 0 Å². The zero-order valence-corrected chi connectivity index (χ0v) is 10.6. The largest absolute Gasteiger partial charge is 0.490 e. The summed E-state index contributed by atoms with van der Waals surface area (Å²) in [6.07, 6.45) is 1.12. The molecule has 1 rings (SSSR count). The first-order valence-electron chi connectivity index (χ1n) is 5.03. The molecule has 0 bridgehead atoms. The molecule has 0 saturated heterocycles. The van der Waals surface area contributed by atoms with Crippen molar-refractivity contribution in [2.45, 2.75) is 27.2 Å². The molecule has 1 heterocycles. The van der Waals surface area contributed by atoms with Crippen LogP contribution in [0, 0.1) is 5.41 Å². The van der Waals surface area contributed by atoms with Crippen molar-refractivity contribution in [1.82, 2.24) is 4.37 Å². The number of hydrogen-bond donors (Lipinski definition) is 2. The molecule has 0 spiro atoms. The van der Waals surface area contributed by atoms with Gasteiger partial charge < -0.3 is 15.8 Å². The van der Waals surface area contributed by atoms with E-state index in [0.29, 0.717) is 11.6 Å². The van der Waals surface area contributed by atoms with Crippen molar-refractivity contribution in [2.75, 3.05) is 24.7 Å². The second kappa shape index (κ2) is 4.70. The van der Waals surface area contributed by atoms with Crippen LogP contribution in [0.1, 0.15) is 27.2 Å². The summed E-state index contributed by atoms with van der Waals surface area (Å²) in [5.41, 5.74) is 5.93. The van der Waals surface area contributed by atoms with E-state index >= 15 is 0 Å². The van der Waals surface area contributed by atoms with Crippen LogP contribution in [0.2, 0.25) is 0 Å². The Hall–Kier alpha value is -0.970. The van der Waals surface area contributed by atoms with E-state index in [1.807, 2.05) is 0 Å². The quantitative estimate of drug-likeness (QED) is 0.814. The third-order valence-corrected chi connectivity index (χ3v) is 3.36. The molecule has 0 aromatic carbocycles. The van der Waals surface area contributed by atoms with E-state index in [1.165, 1.54) is 11.5 Å². The number of methoxy groups -OCH3 is 1. The number of hydrogen-bond acceptors (Lipinski definition) is 5. The highest BCUT2D eigenvalue weighted by atomic mass is 32.1. The Morgan fingerprint density at radius 3 is 2.73 bits per heavy atom. The van der Waals surface area contributed by atoms with Gasteiger partial charge in [0, 0.05) is 6.54 Å². The van der Waals surface area contributed by atoms with Crippen molar-refractivity contribution in [3.05, 3.63) is 0 Å². The lowest BCUT2D eigenvalue weighted by Gasteiger charge is -2.23. The topological polar surface area (TPSA) is 60.2 Å². The summed E-state index contributed by atoms with van der Waals surface area (Å²) < 4.78 is 9.22. The van der Waals surface area contributed by atoms with Gasteiger partial charge in [0.25, 0.3) is 0 Å². The number of rotatable bonds is 5. The Balaban J connectivity index is 2.65. The molecule has 0 aliphatic carbocycles. The van der Waals surface area contributed by atoms with Crippen molar-refractivity contribution in [3.8, 4) is 5.75 Å². The third-order valence-electron chi connectivity index (χ3n) is 2.56. The SMILES string of the molecule is CCC(C)(C)CNc1snc(N)c1OC. The Morgan fingerprint density at radius 2 is 2.20 bits per heavy atom. The molecule has 0 aliphatic rings. The number of anilines is 2. The van der Waals surface area contributed by atoms with Crippen LogP contribution in [0.4, 0.5) is 10.8 Å². The fourth-order valence-electron chi connectivity index (χ4n) is 1.05. The van der Waals surface area contributed by atoms with Crippen LogP contribution >= 0.6 is 11.5 Å². The molecule has 0 unspecified atom stereocenters. The molecule has 0 amide bonds. The van der Waals surface area contributed by atoms with E-state index in [0.717, 1.165) is 18.0 Å². The molecule has 0 aliphatic heterocycles. The van der Waals surface area contributed by atoms with E-state index in [2.05, 4.69) is 30.5 Å². The molecule has 0 saturated carbocycles. The molecule has 86 valence electrons. The first-order valence-corrected chi connectivity index (χ1v) is 5.80. The maximum atomic E-state index is 5.66. The lowest BCUT2D eigenvalue weighted by molar-refractivity contribution is 0.375. The van der Waals surface area contributed by atoms with Crippen LogP contribution in [0.15, 0.2) is 0 Å². The van der Waals surface area contributed by atoms with Gasteiger partial charge in [0.1, 0.15) is 0 Å². The van der Waals surface area contributed by atoms with E-state index in [1.54, 1.807) is 7.11 Å². The standard InChI is InChI=1S/C10H19N3OS/c1-5-10(2,3)6-12-9-7(14-4)8(11)13-15-9/h12H,5-6H2,1-4H3,(H2,11,13). The molecule has 15 heavy (non-hydrogen) atoms. The van der Waals surface area contributed by atoms with Gasteiger partial charge in [-0.25, -0.2) is 0 Å². The Kier molecular flexibility index (Phi) is 3.79. The number of nitrogens with zero attached hydrogens (tertiary/aromatic N) is 1. The number of nitrogen functional groups attached to an aromatic ring is 1. The van der Waals surface area contributed by atoms with E-state index in [9.17, 15) is 0 Å². The second-order valence-corrected chi connectivity index (χ2v) is 5.07. The van der Waals surface area contributed by atoms with Crippen LogP contribution in [0.25, 0.3) is 0 Å². The molecular formula is C10H19N3OS.